The first-order chi connectivity index (χ1) is 17.8. The molecule has 1 aromatic carbocycles. The molecule has 0 aliphatic carbocycles. The molecule has 6 rings (SSSR count). The Hall–Kier alpha value is -3.68. The molecule has 1 aliphatic rings. The van der Waals surface area contributed by atoms with E-state index in [-0.39, 0.29) is 10.8 Å². The van der Waals surface area contributed by atoms with E-state index in [1.807, 2.05) is 24.3 Å². The van der Waals surface area contributed by atoms with Gasteiger partial charge in [0, 0.05) is 51.2 Å². The van der Waals surface area contributed by atoms with Crippen molar-refractivity contribution in [3.8, 4) is 11.5 Å². The lowest BCUT2D eigenvalue weighted by Crippen LogP contribution is -2.47. The summed E-state index contributed by atoms with van der Waals surface area (Å²) in [4.78, 5) is 22.2. The van der Waals surface area contributed by atoms with Gasteiger partial charge in [-0.15, -0.1) is 0 Å². The monoisotopic (exact) mass is 539 g/mol. The normalized spacial score (nSPS) is 15.2. The Balaban J connectivity index is 1.17. The summed E-state index contributed by atoms with van der Waals surface area (Å²) in [7, 11) is -3.21. The maximum atomic E-state index is 12.9. The number of furan rings is 1. The number of hydrogen-bond acceptors (Lipinski definition) is 10. The zero-order valence-electron chi connectivity index (χ0n) is 20.1. The Bertz CT molecular complexity index is 1740. The topological polar surface area (TPSA) is 132 Å². The maximum absolute atomic E-state index is 12.9. The number of sulfone groups is 1. The van der Waals surface area contributed by atoms with Gasteiger partial charge >= 0.3 is 4.87 Å². The molecule has 37 heavy (non-hydrogen) atoms. The van der Waals surface area contributed by atoms with Crippen LogP contribution in [0.2, 0.25) is 0 Å². The molecule has 1 fully saturated rings. The summed E-state index contributed by atoms with van der Waals surface area (Å²) < 4.78 is 32.8. The Kier molecular flexibility index (Phi) is 5.77. The van der Waals surface area contributed by atoms with E-state index < -0.39 is 9.84 Å². The van der Waals surface area contributed by atoms with Crippen molar-refractivity contribution in [2.45, 2.75) is 11.4 Å². The summed E-state index contributed by atoms with van der Waals surface area (Å²) in [5.74, 6) is 0.830. The van der Waals surface area contributed by atoms with Crippen molar-refractivity contribution in [1.29, 1.82) is 0 Å². The number of rotatable bonds is 6. The number of nitrogens with two attached hydrogens (primary N) is 1. The van der Waals surface area contributed by atoms with Gasteiger partial charge in [-0.3, -0.25) is 14.3 Å². The van der Waals surface area contributed by atoms with Crippen molar-refractivity contribution in [2.24, 2.45) is 0 Å². The van der Waals surface area contributed by atoms with Gasteiger partial charge in [0.1, 0.15) is 10.4 Å². The van der Waals surface area contributed by atoms with E-state index >= 15 is 0 Å². The number of anilines is 2. The first kappa shape index (κ1) is 23.7. The van der Waals surface area contributed by atoms with E-state index in [9.17, 15) is 13.2 Å². The van der Waals surface area contributed by atoms with Crippen molar-refractivity contribution in [3.05, 3.63) is 58.4 Å². The minimum atomic E-state index is -3.21. The van der Waals surface area contributed by atoms with Gasteiger partial charge in [-0.05, 0) is 42.5 Å². The molecule has 2 N–H and O–H groups in total. The first-order valence-corrected chi connectivity index (χ1v) is 14.5. The smallest absolute Gasteiger partial charge is 0.309 e. The molecule has 1 saturated heterocycles. The Morgan fingerprint density at radius 3 is 2.51 bits per heavy atom. The molecular formula is C24H25N7O4S2. The third-order valence-electron chi connectivity index (χ3n) is 6.66. The highest BCUT2D eigenvalue weighted by Crippen LogP contribution is 2.28. The van der Waals surface area contributed by atoms with Crippen LogP contribution < -0.4 is 15.5 Å². The third kappa shape index (κ3) is 4.38. The first-order valence-electron chi connectivity index (χ1n) is 11.8. The summed E-state index contributed by atoms with van der Waals surface area (Å²) in [5.41, 5.74) is 9.13. The van der Waals surface area contributed by atoms with Crippen LogP contribution in [0.25, 0.3) is 27.3 Å². The molecule has 0 amide bonds. The fourth-order valence-electron chi connectivity index (χ4n) is 4.67. The third-order valence-corrected chi connectivity index (χ3v) is 8.78. The summed E-state index contributed by atoms with van der Waals surface area (Å²) in [6.45, 7) is 4.50. The number of piperazine rings is 1. The Labute approximate surface area is 216 Å². The molecule has 0 bridgehead atoms. The number of aromatic nitrogens is 4. The fourth-order valence-corrected chi connectivity index (χ4v) is 6.26. The van der Waals surface area contributed by atoms with Gasteiger partial charge in [-0.25, -0.2) is 8.42 Å². The van der Waals surface area contributed by atoms with Gasteiger partial charge in [0.05, 0.1) is 16.7 Å². The molecule has 0 saturated carbocycles. The molecule has 192 valence electrons. The van der Waals surface area contributed by atoms with Crippen LogP contribution in [-0.4, -0.2) is 71.5 Å². The molecule has 5 heterocycles. The highest BCUT2D eigenvalue weighted by Gasteiger charge is 2.21. The van der Waals surface area contributed by atoms with Crippen molar-refractivity contribution in [2.75, 3.05) is 49.6 Å². The molecule has 4 aromatic heterocycles. The molecule has 1 aliphatic heterocycles. The van der Waals surface area contributed by atoms with Gasteiger partial charge < -0.3 is 15.1 Å². The van der Waals surface area contributed by atoms with Crippen molar-refractivity contribution < 1.29 is 12.8 Å². The standard InChI is InChI=1S/C24H25N7O4S2/c1-37(33,34)17-6-4-16(5-7-17)29-11-8-28(9-12-29)10-13-30-22-21(36-24(30)32)19-15-18(20-3-2-14-35-20)27-31(19)23(25)26-22/h2-7,14-15H,8-13H2,1H3,(H2,25,26). The van der Waals surface area contributed by atoms with Gasteiger partial charge in [-0.2, -0.15) is 14.6 Å². The van der Waals surface area contributed by atoms with Crippen LogP contribution in [0.15, 0.2) is 62.8 Å². The van der Waals surface area contributed by atoms with E-state index in [0.29, 0.717) is 35.1 Å². The van der Waals surface area contributed by atoms with Crippen LogP contribution >= 0.6 is 11.3 Å². The lowest BCUT2D eigenvalue weighted by atomic mass is 10.2. The number of hydrogen-bond donors (Lipinski definition) is 1. The minimum absolute atomic E-state index is 0.0830. The minimum Gasteiger partial charge on any atom is -0.463 e. The van der Waals surface area contributed by atoms with E-state index in [0.717, 1.165) is 53.4 Å². The lowest BCUT2D eigenvalue weighted by Gasteiger charge is -2.36. The van der Waals surface area contributed by atoms with E-state index in [1.54, 1.807) is 33.5 Å². The highest BCUT2D eigenvalue weighted by atomic mass is 32.2. The van der Waals surface area contributed by atoms with Crippen molar-refractivity contribution in [1.82, 2.24) is 24.1 Å². The van der Waals surface area contributed by atoms with Crippen LogP contribution in [-0.2, 0) is 16.4 Å². The quantitative estimate of drug-likeness (QED) is 0.345. The SMILES string of the molecule is CS(=O)(=O)c1ccc(N2CCN(CCn3c(=O)sc4c3nc(N)n3nc(-c5ccco5)cc43)CC2)cc1. The van der Waals surface area contributed by atoms with Crippen LogP contribution in [0.1, 0.15) is 0 Å². The Morgan fingerprint density at radius 1 is 1.08 bits per heavy atom. The molecule has 0 spiro atoms. The molecule has 5 aromatic rings. The zero-order chi connectivity index (χ0) is 25.7. The second kappa shape index (κ2) is 9.01. The fraction of sp³-hybridized carbons (Fsp3) is 0.292. The van der Waals surface area contributed by atoms with Crippen molar-refractivity contribution in [3.63, 3.8) is 0 Å². The average molecular weight is 540 g/mol. The summed E-state index contributed by atoms with van der Waals surface area (Å²) in [6, 6.07) is 12.5. The maximum Gasteiger partial charge on any atom is 0.309 e. The second-order valence-electron chi connectivity index (χ2n) is 9.04. The molecule has 0 unspecified atom stereocenters. The zero-order valence-corrected chi connectivity index (χ0v) is 21.7. The van der Waals surface area contributed by atoms with Crippen LogP contribution in [0.3, 0.4) is 0 Å². The average Bonchev–Trinajstić information content (AvgIpc) is 3.62. The lowest BCUT2D eigenvalue weighted by molar-refractivity contribution is 0.248. The molecule has 11 nitrogen and oxygen atoms in total. The number of nitrogens with zero attached hydrogens (tertiary/aromatic N) is 6. The van der Waals surface area contributed by atoms with Gasteiger partial charge in [0.15, 0.2) is 21.2 Å². The van der Waals surface area contributed by atoms with Gasteiger partial charge in [0.2, 0.25) is 5.95 Å². The number of thiazole rings is 1. The Morgan fingerprint density at radius 2 is 1.84 bits per heavy atom. The molecule has 13 heteroatoms. The summed E-state index contributed by atoms with van der Waals surface area (Å²) >= 11 is 1.14. The molecular weight excluding hydrogens is 514 g/mol. The van der Waals surface area contributed by atoms with E-state index in [1.165, 1.54) is 6.26 Å². The number of fused-ring (bicyclic) bond motifs is 3. The highest BCUT2D eigenvalue weighted by molar-refractivity contribution is 7.90. The summed E-state index contributed by atoms with van der Waals surface area (Å²) in [6.07, 6.45) is 2.79. The second-order valence-corrected chi connectivity index (χ2v) is 12.0. The van der Waals surface area contributed by atoms with Crippen LogP contribution in [0.5, 0.6) is 0 Å². The predicted molar refractivity (Wildman–Crippen MR) is 143 cm³/mol. The molecule has 0 atom stereocenters. The van der Waals surface area contributed by atoms with E-state index in [2.05, 4.69) is 19.9 Å². The predicted octanol–water partition coefficient (Wildman–Crippen LogP) is 2.17. The van der Waals surface area contributed by atoms with Crippen LogP contribution in [0, 0.1) is 0 Å². The number of benzene rings is 1. The summed E-state index contributed by atoms with van der Waals surface area (Å²) in [5, 5.41) is 4.50. The van der Waals surface area contributed by atoms with Gasteiger partial charge in [0.25, 0.3) is 0 Å². The largest absolute Gasteiger partial charge is 0.463 e. The van der Waals surface area contributed by atoms with Crippen LogP contribution in [0.4, 0.5) is 11.6 Å². The molecule has 0 radical (unpaired) electrons. The number of nitrogen functional groups attached to an aromatic ring is 1. The van der Waals surface area contributed by atoms with Crippen molar-refractivity contribution >= 4 is 48.7 Å². The van der Waals surface area contributed by atoms with E-state index in [4.69, 9.17) is 10.2 Å². The van der Waals surface area contributed by atoms with Gasteiger partial charge in [-0.1, -0.05) is 11.3 Å².